The lowest BCUT2D eigenvalue weighted by atomic mass is 10.0. The number of aromatic nitrogens is 3. The zero-order valence-electron chi connectivity index (χ0n) is 12.7. The molecule has 2 aromatic heterocycles. The van der Waals surface area contributed by atoms with E-state index in [9.17, 15) is 0 Å². The number of hydrogen-bond donors (Lipinski definition) is 1. The highest BCUT2D eigenvalue weighted by atomic mass is 15.5. The molecular weight excluding hydrogens is 282 g/mol. The van der Waals surface area contributed by atoms with Crippen molar-refractivity contribution in [2.45, 2.75) is 6.92 Å². The predicted octanol–water partition coefficient (Wildman–Crippen LogP) is 4.12. The van der Waals surface area contributed by atoms with E-state index in [1.54, 1.807) is 0 Å². The normalized spacial score (nSPS) is 12.6. The molecule has 0 aliphatic heterocycles. The van der Waals surface area contributed by atoms with Crippen LogP contribution in [-0.2, 0) is 0 Å². The Labute approximate surface area is 132 Å². The molecular formula is C20H14N3+. The largest absolute Gasteiger partial charge is 0.202 e. The highest BCUT2D eigenvalue weighted by molar-refractivity contribution is 6.14. The number of fused-ring (bicyclic) bond motifs is 7. The fourth-order valence-corrected chi connectivity index (χ4v) is 4.18. The molecule has 0 fully saturated rings. The number of benzene rings is 3. The molecule has 3 aromatic carbocycles. The first-order valence-electron chi connectivity index (χ1n) is 7.91. The fourth-order valence-electron chi connectivity index (χ4n) is 4.18. The van der Waals surface area contributed by atoms with E-state index in [4.69, 9.17) is 0 Å². The first-order valence-corrected chi connectivity index (χ1v) is 7.91. The molecule has 108 valence electrons. The van der Waals surface area contributed by atoms with Gasteiger partial charge in [0.2, 0.25) is 5.52 Å². The van der Waals surface area contributed by atoms with Gasteiger partial charge in [0, 0.05) is 10.9 Å². The van der Waals surface area contributed by atoms with E-state index in [0.717, 1.165) is 5.52 Å². The summed E-state index contributed by atoms with van der Waals surface area (Å²) in [4.78, 5) is 0. The Hall–Kier alpha value is -3.07. The molecule has 0 saturated carbocycles. The van der Waals surface area contributed by atoms with Gasteiger partial charge in [-0.05, 0) is 36.1 Å². The highest BCUT2D eigenvalue weighted by Crippen LogP contribution is 2.47. The Bertz CT molecular complexity index is 1270. The van der Waals surface area contributed by atoms with Gasteiger partial charge in [0.15, 0.2) is 11.2 Å². The molecule has 1 aliphatic rings. The lowest BCUT2D eigenvalue weighted by Crippen LogP contribution is -2.28. The van der Waals surface area contributed by atoms with Gasteiger partial charge in [-0.25, -0.2) is 0 Å². The maximum absolute atomic E-state index is 3.52. The van der Waals surface area contributed by atoms with Crippen LogP contribution in [0.2, 0.25) is 0 Å². The van der Waals surface area contributed by atoms with E-state index < -0.39 is 0 Å². The van der Waals surface area contributed by atoms with Gasteiger partial charge >= 0.3 is 0 Å². The summed E-state index contributed by atoms with van der Waals surface area (Å²) in [5, 5.41) is 6.21. The number of hydrogen-bond acceptors (Lipinski definition) is 0. The predicted molar refractivity (Wildman–Crippen MR) is 91.6 cm³/mol. The second kappa shape index (κ2) is 3.63. The maximum atomic E-state index is 3.52. The quantitative estimate of drug-likeness (QED) is 0.408. The molecule has 5 aromatic rings. The van der Waals surface area contributed by atoms with Crippen molar-refractivity contribution in [1.82, 2.24) is 9.73 Å². The summed E-state index contributed by atoms with van der Waals surface area (Å²) in [5.41, 5.74) is 8.93. The number of aromatic amines is 1. The topological polar surface area (TPSA) is 24.3 Å². The third-order valence-electron chi connectivity index (χ3n) is 5.12. The average Bonchev–Trinajstić information content (AvgIpc) is 3.20. The number of rotatable bonds is 0. The molecule has 0 amide bonds. The Kier molecular flexibility index (Phi) is 1.81. The summed E-state index contributed by atoms with van der Waals surface area (Å²) in [6, 6.07) is 21.7. The Morgan fingerprint density at radius 3 is 2.52 bits per heavy atom. The van der Waals surface area contributed by atoms with Gasteiger partial charge in [0.25, 0.3) is 0 Å². The van der Waals surface area contributed by atoms with Crippen molar-refractivity contribution in [1.29, 1.82) is 0 Å². The Morgan fingerprint density at radius 1 is 0.870 bits per heavy atom. The van der Waals surface area contributed by atoms with Gasteiger partial charge in [-0.15, -0.1) is 4.52 Å². The van der Waals surface area contributed by atoms with Crippen LogP contribution in [0.25, 0.3) is 44.2 Å². The van der Waals surface area contributed by atoms with Crippen LogP contribution in [0.3, 0.4) is 0 Å². The van der Waals surface area contributed by atoms with E-state index in [1.165, 1.54) is 44.4 Å². The van der Waals surface area contributed by atoms with Crippen LogP contribution in [0.4, 0.5) is 0 Å². The van der Waals surface area contributed by atoms with Crippen molar-refractivity contribution in [2.24, 2.45) is 0 Å². The third-order valence-corrected chi connectivity index (χ3v) is 5.12. The van der Waals surface area contributed by atoms with Crippen LogP contribution >= 0.6 is 0 Å². The second-order valence-electron chi connectivity index (χ2n) is 6.27. The molecule has 0 unspecified atom stereocenters. The van der Waals surface area contributed by atoms with E-state index in [0.29, 0.717) is 0 Å². The summed E-state index contributed by atoms with van der Waals surface area (Å²) in [7, 11) is 0. The fraction of sp³-hybridized carbons (Fsp3) is 0.0500. The van der Waals surface area contributed by atoms with Gasteiger partial charge in [-0.2, -0.15) is 5.10 Å². The minimum Gasteiger partial charge on any atom is -0.165 e. The second-order valence-corrected chi connectivity index (χ2v) is 6.27. The van der Waals surface area contributed by atoms with Crippen LogP contribution in [-0.4, -0.2) is 9.73 Å². The van der Waals surface area contributed by atoms with Gasteiger partial charge in [-0.3, -0.25) is 0 Å². The zero-order chi connectivity index (χ0) is 15.1. The van der Waals surface area contributed by atoms with E-state index in [-0.39, 0.29) is 0 Å². The third kappa shape index (κ3) is 1.18. The first kappa shape index (κ1) is 11.5. The average molecular weight is 296 g/mol. The van der Waals surface area contributed by atoms with Crippen molar-refractivity contribution in [3.05, 3.63) is 66.4 Å². The van der Waals surface area contributed by atoms with Gasteiger partial charge in [0.05, 0.1) is 5.56 Å². The zero-order valence-corrected chi connectivity index (χ0v) is 12.7. The number of nitrogens with one attached hydrogen (secondary N) is 1. The standard InChI is InChI=1S/C20H14N3/c1-12-18-14-8-4-6-13-7-5-9-15(19(13)14)20(18)22-17-11-3-2-10-16(17)21-23(12)22/h2-11,21H,1H3/q+1. The summed E-state index contributed by atoms with van der Waals surface area (Å²) >= 11 is 0. The molecule has 0 bridgehead atoms. The molecule has 1 aliphatic carbocycles. The van der Waals surface area contributed by atoms with E-state index >= 15 is 0 Å². The van der Waals surface area contributed by atoms with Crippen LogP contribution in [0.5, 0.6) is 0 Å². The molecule has 0 radical (unpaired) electrons. The minimum atomic E-state index is 1.15. The highest BCUT2D eigenvalue weighted by Gasteiger charge is 2.33. The maximum Gasteiger partial charge on any atom is 0.202 e. The lowest BCUT2D eigenvalue weighted by molar-refractivity contribution is -0.581. The summed E-state index contributed by atoms with van der Waals surface area (Å²) in [6.07, 6.45) is 0. The molecule has 0 spiro atoms. The molecule has 0 atom stereocenters. The molecule has 2 heterocycles. The molecule has 1 N–H and O–H groups in total. The van der Waals surface area contributed by atoms with Crippen molar-refractivity contribution in [3.8, 4) is 22.4 Å². The molecule has 6 rings (SSSR count). The van der Waals surface area contributed by atoms with Gasteiger partial charge in [0.1, 0.15) is 5.69 Å². The van der Waals surface area contributed by atoms with E-state index in [1.807, 2.05) is 0 Å². The van der Waals surface area contributed by atoms with Crippen LogP contribution in [0, 0.1) is 6.92 Å². The molecule has 23 heavy (non-hydrogen) atoms. The van der Waals surface area contributed by atoms with Crippen LogP contribution in [0.1, 0.15) is 5.69 Å². The van der Waals surface area contributed by atoms with Crippen LogP contribution in [0.15, 0.2) is 60.7 Å². The Morgan fingerprint density at radius 2 is 1.65 bits per heavy atom. The first-order chi connectivity index (χ1) is 11.3. The van der Waals surface area contributed by atoms with E-state index in [2.05, 4.69) is 81.8 Å². The molecule has 0 saturated heterocycles. The number of H-pyrrole nitrogens is 1. The van der Waals surface area contributed by atoms with Crippen molar-refractivity contribution < 1.29 is 4.52 Å². The van der Waals surface area contributed by atoms with Crippen molar-refractivity contribution in [2.75, 3.05) is 0 Å². The van der Waals surface area contributed by atoms with Gasteiger partial charge < -0.3 is 0 Å². The number of para-hydroxylation sites is 2. The SMILES string of the molecule is Cc1c2c([n+]3c4ccccc4[nH]n13)-c1cccc3cccc-2c13. The lowest BCUT2D eigenvalue weighted by Gasteiger charge is -2.01. The number of nitrogens with zero attached hydrogens (tertiary/aromatic N) is 2. The van der Waals surface area contributed by atoms with Crippen molar-refractivity contribution in [3.63, 3.8) is 0 Å². The summed E-state index contributed by atoms with van der Waals surface area (Å²) < 4.78 is 4.48. The Balaban J connectivity index is 1.94. The van der Waals surface area contributed by atoms with Gasteiger partial charge in [-0.1, -0.05) is 47.1 Å². The smallest absolute Gasteiger partial charge is 0.165 e. The summed E-state index contributed by atoms with van der Waals surface area (Å²) in [6.45, 7) is 2.19. The van der Waals surface area contributed by atoms with Crippen LogP contribution < -0.4 is 4.52 Å². The van der Waals surface area contributed by atoms with Crippen molar-refractivity contribution >= 4 is 21.8 Å². The molecule has 3 nitrogen and oxygen atoms in total. The summed E-state index contributed by atoms with van der Waals surface area (Å²) in [5.74, 6) is 0. The minimum absolute atomic E-state index is 1.15. The number of aryl methyl sites for hydroxylation is 1. The molecule has 3 heteroatoms. The monoisotopic (exact) mass is 296 g/mol.